The van der Waals surface area contributed by atoms with Crippen LogP contribution >= 0.6 is 0 Å². The van der Waals surface area contributed by atoms with Crippen molar-refractivity contribution in [3.05, 3.63) is 0 Å². The van der Waals surface area contributed by atoms with Gasteiger partial charge in [0, 0.05) is 12.8 Å². The van der Waals surface area contributed by atoms with Crippen molar-refractivity contribution in [2.45, 2.75) is 12.8 Å². The number of ketones is 1. The summed E-state index contributed by atoms with van der Waals surface area (Å²) in [6.45, 7) is 0.502. The molecule has 0 heterocycles. The van der Waals surface area contributed by atoms with Crippen molar-refractivity contribution in [2.75, 3.05) is 20.6 Å². The van der Waals surface area contributed by atoms with Crippen LogP contribution in [-0.2, 0) is 4.79 Å². The maximum atomic E-state index is 10.9. The molecule has 0 aliphatic rings. The summed E-state index contributed by atoms with van der Waals surface area (Å²) in [6.07, 6.45) is 6.06. The Morgan fingerprint density at radius 2 is 2.20 bits per heavy atom. The van der Waals surface area contributed by atoms with Gasteiger partial charge in [0.25, 0.3) is 0 Å². The predicted octanol–water partition coefficient (Wildman–Crippen LogP) is 0.530. The number of terminal acetylenes is 1. The lowest BCUT2D eigenvalue weighted by atomic mass is 10.2. The molecule has 0 N–H and O–H groups in total. The predicted molar refractivity (Wildman–Crippen MR) is 41.6 cm³/mol. The quantitative estimate of drug-likeness (QED) is 0.529. The van der Waals surface area contributed by atoms with E-state index in [0.29, 0.717) is 19.4 Å². The largest absolute Gasteiger partial charge is 0.302 e. The third-order valence-electron chi connectivity index (χ3n) is 1.04. The molecule has 0 rings (SSSR count). The summed E-state index contributed by atoms with van der Waals surface area (Å²) in [4.78, 5) is 12.7. The van der Waals surface area contributed by atoms with E-state index in [0.717, 1.165) is 0 Å². The molecule has 2 nitrogen and oxygen atoms in total. The summed E-state index contributed by atoms with van der Waals surface area (Å²) in [5.41, 5.74) is 0. The number of hydrogen-bond acceptors (Lipinski definition) is 2. The van der Waals surface area contributed by atoms with Gasteiger partial charge in [-0.15, -0.1) is 12.3 Å². The van der Waals surface area contributed by atoms with Crippen molar-refractivity contribution in [2.24, 2.45) is 0 Å². The van der Waals surface area contributed by atoms with E-state index in [1.165, 1.54) is 0 Å². The van der Waals surface area contributed by atoms with Gasteiger partial charge in [0.15, 0.2) is 0 Å². The molecule has 0 bridgehead atoms. The minimum atomic E-state index is 0.211. The van der Waals surface area contributed by atoms with Crippen molar-refractivity contribution < 1.29 is 4.79 Å². The van der Waals surface area contributed by atoms with Crippen LogP contribution in [0.1, 0.15) is 12.8 Å². The van der Waals surface area contributed by atoms with Crippen molar-refractivity contribution in [3.8, 4) is 12.3 Å². The molecule has 0 aromatic rings. The Labute approximate surface area is 62.2 Å². The summed E-state index contributed by atoms with van der Waals surface area (Å²) in [5, 5.41) is 0. The van der Waals surface area contributed by atoms with Crippen molar-refractivity contribution in [1.29, 1.82) is 0 Å². The van der Waals surface area contributed by atoms with E-state index in [-0.39, 0.29) is 5.78 Å². The van der Waals surface area contributed by atoms with Crippen LogP contribution in [-0.4, -0.2) is 31.3 Å². The minimum Gasteiger partial charge on any atom is -0.302 e. The third-order valence-corrected chi connectivity index (χ3v) is 1.04. The molecule has 0 atom stereocenters. The van der Waals surface area contributed by atoms with Crippen LogP contribution in [0.15, 0.2) is 0 Å². The van der Waals surface area contributed by atoms with Gasteiger partial charge >= 0.3 is 0 Å². The van der Waals surface area contributed by atoms with Crippen molar-refractivity contribution in [1.82, 2.24) is 4.90 Å². The van der Waals surface area contributed by atoms with E-state index in [1.54, 1.807) is 0 Å². The molecule has 0 aliphatic carbocycles. The van der Waals surface area contributed by atoms with Crippen LogP contribution in [0.2, 0.25) is 0 Å². The summed E-state index contributed by atoms with van der Waals surface area (Å²) in [6, 6.07) is 0. The van der Waals surface area contributed by atoms with Crippen LogP contribution in [0.25, 0.3) is 0 Å². The second kappa shape index (κ2) is 5.01. The lowest BCUT2D eigenvalue weighted by Gasteiger charge is -2.06. The number of carbonyl (C=O) groups excluding carboxylic acids is 1. The average Bonchev–Trinajstić information content (AvgIpc) is 1.82. The topological polar surface area (TPSA) is 20.3 Å². The Morgan fingerprint density at radius 1 is 1.60 bits per heavy atom. The molecule has 0 saturated heterocycles. The van der Waals surface area contributed by atoms with Gasteiger partial charge in [-0.25, -0.2) is 0 Å². The summed E-state index contributed by atoms with van der Waals surface area (Å²) in [7, 11) is 3.74. The minimum absolute atomic E-state index is 0.211. The first-order valence-electron chi connectivity index (χ1n) is 3.26. The number of nitrogens with zero attached hydrogens (tertiary/aromatic N) is 1. The first-order chi connectivity index (χ1) is 4.66. The zero-order chi connectivity index (χ0) is 7.98. The molecule has 0 aromatic heterocycles. The summed E-state index contributed by atoms with van der Waals surface area (Å²) in [5.74, 6) is 2.64. The van der Waals surface area contributed by atoms with Gasteiger partial charge in [-0.2, -0.15) is 0 Å². The number of rotatable bonds is 4. The van der Waals surface area contributed by atoms with Gasteiger partial charge in [-0.05, 0) is 14.1 Å². The van der Waals surface area contributed by atoms with Crippen LogP contribution in [0.5, 0.6) is 0 Å². The standard InChI is InChI=1S/C8H13NO/c1-4-5-6-8(10)7-9(2)3/h1H,5-7H2,2-3H3. The zero-order valence-corrected chi connectivity index (χ0v) is 6.55. The molecule has 0 fully saturated rings. The van der Waals surface area contributed by atoms with E-state index < -0.39 is 0 Å². The second-order valence-electron chi connectivity index (χ2n) is 2.48. The SMILES string of the molecule is C#CCCC(=O)CN(C)C. The number of carbonyl (C=O) groups is 1. The Kier molecular flexibility index (Phi) is 4.61. The zero-order valence-electron chi connectivity index (χ0n) is 6.55. The normalized spacial score (nSPS) is 9.40. The molecule has 0 unspecified atom stereocenters. The Morgan fingerprint density at radius 3 is 2.60 bits per heavy atom. The lowest BCUT2D eigenvalue weighted by molar-refractivity contribution is -0.119. The monoisotopic (exact) mass is 139 g/mol. The van der Waals surface area contributed by atoms with E-state index in [4.69, 9.17) is 6.42 Å². The molecule has 0 aromatic carbocycles. The maximum Gasteiger partial charge on any atom is 0.147 e. The van der Waals surface area contributed by atoms with Gasteiger partial charge in [0.2, 0.25) is 0 Å². The molecule has 0 radical (unpaired) electrons. The van der Waals surface area contributed by atoms with Crippen LogP contribution in [0.4, 0.5) is 0 Å². The highest BCUT2D eigenvalue weighted by atomic mass is 16.1. The number of hydrogen-bond donors (Lipinski definition) is 0. The summed E-state index contributed by atoms with van der Waals surface area (Å²) < 4.78 is 0. The van der Waals surface area contributed by atoms with E-state index in [2.05, 4.69) is 5.92 Å². The molecule has 56 valence electrons. The summed E-state index contributed by atoms with van der Waals surface area (Å²) >= 11 is 0. The fraction of sp³-hybridized carbons (Fsp3) is 0.625. The highest BCUT2D eigenvalue weighted by Gasteiger charge is 2.00. The fourth-order valence-electron chi connectivity index (χ4n) is 0.643. The van der Waals surface area contributed by atoms with Gasteiger partial charge in [-0.3, -0.25) is 4.79 Å². The maximum absolute atomic E-state index is 10.9. The average molecular weight is 139 g/mol. The number of likely N-dealkylation sites (N-methyl/N-ethyl adjacent to an activating group) is 1. The Balaban J connectivity index is 3.37. The van der Waals surface area contributed by atoms with Gasteiger partial charge in [0.05, 0.1) is 6.54 Å². The molecule has 2 heteroatoms. The van der Waals surface area contributed by atoms with Crippen molar-refractivity contribution in [3.63, 3.8) is 0 Å². The molecule has 10 heavy (non-hydrogen) atoms. The first kappa shape index (κ1) is 9.19. The molecular weight excluding hydrogens is 126 g/mol. The molecular formula is C8H13NO. The van der Waals surface area contributed by atoms with Crippen LogP contribution < -0.4 is 0 Å². The third kappa shape index (κ3) is 5.33. The first-order valence-corrected chi connectivity index (χ1v) is 3.26. The van der Waals surface area contributed by atoms with Crippen molar-refractivity contribution >= 4 is 5.78 Å². The lowest BCUT2D eigenvalue weighted by Crippen LogP contribution is -2.21. The van der Waals surface area contributed by atoms with E-state index in [1.807, 2.05) is 19.0 Å². The molecule has 0 aliphatic heterocycles. The van der Waals surface area contributed by atoms with Crippen LogP contribution in [0.3, 0.4) is 0 Å². The smallest absolute Gasteiger partial charge is 0.147 e. The molecule has 0 spiro atoms. The van der Waals surface area contributed by atoms with Gasteiger partial charge in [0.1, 0.15) is 5.78 Å². The number of Topliss-reactive ketones (excluding diaryl/α,β-unsaturated/α-hetero) is 1. The molecule has 0 amide bonds. The Hall–Kier alpha value is -0.810. The molecule has 0 saturated carbocycles. The van der Waals surface area contributed by atoms with E-state index >= 15 is 0 Å². The van der Waals surface area contributed by atoms with Gasteiger partial charge in [-0.1, -0.05) is 0 Å². The Bertz CT molecular complexity index is 144. The van der Waals surface area contributed by atoms with Gasteiger partial charge < -0.3 is 4.90 Å². The van der Waals surface area contributed by atoms with E-state index in [9.17, 15) is 4.79 Å². The highest BCUT2D eigenvalue weighted by molar-refractivity contribution is 5.80. The van der Waals surface area contributed by atoms with Crippen LogP contribution in [0, 0.1) is 12.3 Å². The second-order valence-corrected chi connectivity index (χ2v) is 2.48. The highest BCUT2D eigenvalue weighted by Crippen LogP contribution is 1.89. The fourth-order valence-corrected chi connectivity index (χ4v) is 0.643.